The summed E-state index contributed by atoms with van der Waals surface area (Å²) in [5.41, 5.74) is 1.92. The Balaban J connectivity index is 2.17. The molecule has 10 atom stereocenters. The fourth-order valence-corrected chi connectivity index (χ4v) is 5.30. The lowest BCUT2D eigenvalue weighted by atomic mass is 9.96. The highest BCUT2D eigenvalue weighted by atomic mass is 16.8. The summed E-state index contributed by atoms with van der Waals surface area (Å²) >= 11 is 0. The average molecular weight is 705 g/mol. The molecule has 1 aromatic rings. The van der Waals surface area contributed by atoms with Gasteiger partial charge in [0.05, 0.1) is 12.2 Å². The van der Waals surface area contributed by atoms with Crippen molar-refractivity contribution in [3.05, 3.63) is 58.2 Å². The number of phenolic OH excluding ortho intramolecular Hbond substituents is 1. The summed E-state index contributed by atoms with van der Waals surface area (Å²) in [7, 11) is 0. The third-order valence-corrected chi connectivity index (χ3v) is 9.01. The van der Waals surface area contributed by atoms with Gasteiger partial charge in [0.25, 0.3) is 0 Å². The van der Waals surface area contributed by atoms with Crippen LogP contribution in [0.15, 0.2) is 47.1 Å². The Labute approximate surface area is 293 Å². The number of esters is 3. The minimum atomic E-state index is -1.75. The Kier molecular flexibility index (Phi) is 14.2. The van der Waals surface area contributed by atoms with Crippen molar-refractivity contribution >= 4 is 17.9 Å². The number of allylic oxidation sites excluding steroid dienone is 3. The molecule has 2 heterocycles. The summed E-state index contributed by atoms with van der Waals surface area (Å²) in [5, 5.41) is 33.4. The molecule has 0 spiro atoms. The second-order valence-electron chi connectivity index (χ2n) is 12.9. The van der Waals surface area contributed by atoms with Crippen LogP contribution in [0.4, 0.5) is 0 Å². The maximum atomic E-state index is 13.4. The van der Waals surface area contributed by atoms with E-state index in [1.165, 1.54) is 19.9 Å². The predicted molar refractivity (Wildman–Crippen MR) is 181 cm³/mol. The summed E-state index contributed by atoms with van der Waals surface area (Å²) in [6, 6.07) is 3.55. The second-order valence-corrected chi connectivity index (χ2v) is 12.9. The lowest BCUT2D eigenvalue weighted by molar-refractivity contribution is -0.348. The molecule has 0 saturated carbocycles. The van der Waals surface area contributed by atoms with Gasteiger partial charge in [0.2, 0.25) is 6.29 Å². The van der Waals surface area contributed by atoms with E-state index < -0.39 is 79.3 Å². The van der Waals surface area contributed by atoms with Crippen molar-refractivity contribution in [2.45, 2.75) is 143 Å². The zero-order chi connectivity index (χ0) is 37.6. The molecule has 0 aromatic heterocycles. The van der Waals surface area contributed by atoms with Gasteiger partial charge in [0.15, 0.2) is 36.1 Å². The molecule has 13 heteroatoms. The van der Waals surface area contributed by atoms with Gasteiger partial charge in [-0.15, -0.1) is 0 Å². The molecule has 278 valence electrons. The quantitative estimate of drug-likeness (QED) is 0.168. The number of phenols is 1. The normalized spacial score (nSPS) is 30.9. The van der Waals surface area contributed by atoms with Crippen molar-refractivity contribution in [2.24, 2.45) is 0 Å². The van der Waals surface area contributed by atoms with E-state index in [0.717, 1.165) is 0 Å². The number of carbonyl (C=O) groups is 3. The van der Waals surface area contributed by atoms with Gasteiger partial charge < -0.3 is 48.5 Å². The Morgan fingerprint density at radius 1 is 0.720 bits per heavy atom. The highest BCUT2D eigenvalue weighted by Crippen LogP contribution is 2.41. The smallest absolute Gasteiger partial charge is 0.333 e. The summed E-state index contributed by atoms with van der Waals surface area (Å²) in [4.78, 5) is 39.2. The molecule has 2 saturated heterocycles. The zero-order valence-corrected chi connectivity index (χ0v) is 30.7. The fraction of sp³-hybridized carbons (Fsp3) is 0.595. The van der Waals surface area contributed by atoms with E-state index >= 15 is 0 Å². The van der Waals surface area contributed by atoms with Gasteiger partial charge in [-0.25, -0.2) is 14.4 Å². The number of carbonyl (C=O) groups excluding carboxylic acids is 3. The molecule has 2 aliphatic rings. The number of aliphatic hydroxyl groups excluding tert-OH is 2. The van der Waals surface area contributed by atoms with E-state index in [2.05, 4.69) is 0 Å². The molecule has 0 aliphatic carbocycles. The van der Waals surface area contributed by atoms with Crippen LogP contribution in [0.5, 0.6) is 11.5 Å². The first-order valence-electron chi connectivity index (χ1n) is 16.8. The first-order valence-corrected chi connectivity index (χ1v) is 16.8. The van der Waals surface area contributed by atoms with Crippen molar-refractivity contribution in [1.29, 1.82) is 0 Å². The number of hydrogen-bond donors (Lipinski definition) is 3. The minimum Gasteiger partial charge on any atom is -0.504 e. The zero-order valence-electron chi connectivity index (χ0n) is 30.7. The molecule has 13 nitrogen and oxygen atoms in total. The number of aliphatic hydroxyl groups is 2. The van der Waals surface area contributed by atoms with E-state index in [1.807, 2.05) is 13.8 Å². The molecule has 0 amide bonds. The van der Waals surface area contributed by atoms with Crippen molar-refractivity contribution < 1.29 is 62.9 Å². The van der Waals surface area contributed by atoms with Crippen LogP contribution in [-0.4, -0.2) is 94.6 Å². The predicted octanol–water partition coefficient (Wildman–Crippen LogP) is 4.43. The lowest BCUT2D eigenvalue weighted by Gasteiger charge is -2.47. The summed E-state index contributed by atoms with van der Waals surface area (Å²) in [6.45, 7) is 18.2. The number of rotatable bonds is 11. The maximum absolute atomic E-state index is 13.4. The largest absolute Gasteiger partial charge is 0.504 e. The van der Waals surface area contributed by atoms with E-state index in [9.17, 15) is 29.7 Å². The molecule has 3 rings (SSSR count). The van der Waals surface area contributed by atoms with Crippen molar-refractivity contribution in [2.75, 3.05) is 0 Å². The molecule has 50 heavy (non-hydrogen) atoms. The molecule has 0 radical (unpaired) electrons. The molecule has 2 aliphatic heterocycles. The van der Waals surface area contributed by atoms with Gasteiger partial charge in [-0.05, 0) is 73.8 Å². The van der Waals surface area contributed by atoms with E-state index in [0.29, 0.717) is 11.1 Å². The number of aryl methyl sites for hydroxylation is 1. The Hall–Kier alpha value is -3.75. The number of hydrogen-bond acceptors (Lipinski definition) is 13. The van der Waals surface area contributed by atoms with Crippen LogP contribution in [0, 0.1) is 6.92 Å². The van der Waals surface area contributed by atoms with Crippen LogP contribution >= 0.6 is 0 Å². The lowest BCUT2D eigenvalue weighted by Crippen LogP contribution is -2.65. The van der Waals surface area contributed by atoms with Crippen molar-refractivity contribution in [1.82, 2.24) is 0 Å². The Morgan fingerprint density at radius 2 is 1.20 bits per heavy atom. The first kappa shape index (κ1) is 40.7. The monoisotopic (exact) mass is 704 g/mol. The molecule has 3 N–H and O–H groups in total. The number of aromatic hydroxyl groups is 1. The van der Waals surface area contributed by atoms with Crippen LogP contribution in [0.2, 0.25) is 0 Å². The molecule has 0 unspecified atom stereocenters. The van der Waals surface area contributed by atoms with Crippen LogP contribution < -0.4 is 4.74 Å². The van der Waals surface area contributed by atoms with Crippen molar-refractivity contribution in [3.8, 4) is 11.5 Å². The summed E-state index contributed by atoms with van der Waals surface area (Å²) < 4.78 is 42.2. The van der Waals surface area contributed by atoms with E-state index in [1.54, 1.807) is 72.8 Å². The maximum Gasteiger partial charge on any atom is 0.333 e. The second kappa shape index (κ2) is 17.5. The van der Waals surface area contributed by atoms with Crippen LogP contribution in [0.25, 0.3) is 0 Å². The van der Waals surface area contributed by atoms with Gasteiger partial charge >= 0.3 is 17.9 Å². The highest BCUT2D eigenvalue weighted by molar-refractivity contribution is 5.88. The van der Waals surface area contributed by atoms with Crippen LogP contribution in [0.3, 0.4) is 0 Å². The first-order chi connectivity index (χ1) is 23.5. The standard InChI is InChI=1S/C37H52O13/c1-12-18(6)33(41)46-28-23(11)45-37(49-29-24(17(4)5)16-15-21(9)25(29)38)32(48-35(43)20(8)14-3)31(28)50-36-27(40)30(26(39)22(10)44-36)47-34(42)19(7)13-2/h12-17,22-23,26-28,30-32,36-40H,1-11H3/t22-,23-,26+,27-,28-,30+,31+,32-,36+,37+/m1/s1. The fourth-order valence-electron chi connectivity index (χ4n) is 5.30. The molecular weight excluding hydrogens is 652 g/mol. The van der Waals surface area contributed by atoms with Crippen LogP contribution in [0.1, 0.15) is 86.3 Å². The molecule has 0 bridgehead atoms. The van der Waals surface area contributed by atoms with Gasteiger partial charge in [0.1, 0.15) is 18.3 Å². The number of ether oxygens (including phenoxy) is 7. The SMILES string of the molecule is CC=C(C)C(=O)O[C@H]1[C@@H](O)[C@@H](C)O[C@@H](O[C@@H]2[C@@H](OC(=O)C(C)=CC)[C@H](Oc3c(C(C)C)ccc(C)c3O)O[C@H](C)[C@H]2OC(=O)C(C)=CC)[C@@H]1O. The van der Waals surface area contributed by atoms with Gasteiger partial charge in [-0.3, -0.25) is 0 Å². The summed E-state index contributed by atoms with van der Waals surface area (Å²) in [5.74, 6) is -2.40. The van der Waals surface area contributed by atoms with Gasteiger partial charge in [-0.2, -0.15) is 0 Å². The number of benzene rings is 1. The topological polar surface area (TPSA) is 177 Å². The van der Waals surface area contributed by atoms with E-state index in [-0.39, 0.29) is 34.1 Å². The van der Waals surface area contributed by atoms with Gasteiger partial charge in [0, 0.05) is 22.3 Å². The molecule has 2 fully saturated rings. The van der Waals surface area contributed by atoms with E-state index in [4.69, 9.17) is 33.2 Å². The van der Waals surface area contributed by atoms with Crippen molar-refractivity contribution in [3.63, 3.8) is 0 Å². The highest BCUT2D eigenvalue weighted by Gasteiger charge is 2.55. The van der Waals surface area contributed by atoms with Gasteiger partial charge in [-0.1, -0.05) is 44.2 Å². The molecular formula is C37H52O13. The Morgan fingerprint density at radius 3 is 1.70 bits per heavy atom. The van der Waals surface area contributed by atoms with Crippen LogP contribution in [-0.2, 0) is 42.8 Å². The summed E-state index contributed by atoms with van der Waals surface area (Å²) in [6.07, 6.45) is -9.27. The third-order valence-electron chi connectivity index (χ3n) is 9.01. The average Bonchev–Trinajstić information content (AvgIpc) is 3.08. The minimum absolute atomic E-state index is 0.0944. The molecule has 1 aromatic carbocycles. The third kappa shape index (κ3) is 9.12. The Bertz CT molecular complexity index is 1480.